The van der Waals surface area contributed by atoms with Crippen molar-refractivity contribution in [2.75, 3.05) is 13.1 Å². The third-order valence-electron chi connectivity index (χ3n) is 6.18. The third kappa shape index (κ3) is 3.11. The summed E-state index contributed by atoms with van der Waals surface area (Å²) in [5.74, 6) is 0.145. The SMILES string of the molecule is CC(=O)N1CCC[C@@]2(C)[C@@H]1CCCN2C(=O)c1sc(-c2ccccn2)nc1C. The molecule has 2 aromatic rings. The van der Waals surface area contributed by atoms with Crippen molar-refractivity contribution < 1.29 is 9.59 Å². The van der Waals surface area contributed by atoms with Crippen molar-refractivity contribution in [3.8, 4) is 10.7 Å². The highest BCUT2D eigenvalue weighted by Gasteiger charge is 2.50. The number of hydrogen-bond acceptors (Lipinski definition) is 5. The number of amides is 2. The largest absolute Gasteiger partial charge is 0.338 e. The van der Waals surface area contributed by atoms with Gasteiger partial charge in [0.25, 0.3) is 5.91 Å². The van der Waals surface area contributed by atoms with Crippen LogP contribution >= 0.6 is 11.3 Å². The molecule has 2 aromatic heterocycles. The van der Waals surface area contributed by atoms with Crippen molar-refractivity contribution in [3.63, 3.8) is 0 Å². The number of aromatic nitrogens is 2. The zero-order valence-corrected chi connectivity index (χ0v) is 17.5. The van der Waals surface area contributed by atoms with Crippen molar-refractivity contribution in [1.29, 1.82) is 0 Å². The van der Waals surface area contributed by atoms with Gasteiger partial charge in [0.1, 0.15) is 9.88 Å². The Morgan fingerprint density at radius 3 is 2.79 bits per heavy atom. The molecule has 148 valence electrons. The lowest BCUT2D eigenvalue weighted by atomic mass is 9.76. The maximum Gasteiger partial charge on any atom is 0.266 e. The van der Waals surface area contributed by atoms with E-state index in [-0.39, 0.29) is 23.4 Å². The van der Waals surface area contributed by atoms with E-state index in [2.05, 4.69) is 16.9 Å². The Morgan fingerprint density at radius 1 is 1.25 bits per heavy atom. The minimum Gasteiger partial charge on any atom is -0.338 e. The summed E-state index contributed by atoms with van der Waals surface area (Å²) in [5.41, 5.74) is 1.22. The first-order valence-corrected chi connectivity index (χ1v) is 10.7. The van der Waals surface area contributed by atoms with Gasteiger partial charge in [-0.2, -0.15) is 0 Å². The molecule has 0 unspecified atom stereocenters. The van der Waals surface area contributed by atoms with Crippen LogP contribution in [0.25, 0.3) is 10.7 Å². The van der Waals surface area contributed by atoms with Gasteiger partial charge in [0.05, 0.1) is 23.0 Å². The smallest absolute Gasteiger partial charge is 0.266 e. The highest BCUT2D eigenvalue weighted by Crippen LogP contribution is 2.41. The summed E-state index contributed by atoms with van der Waals surface area (Å²) in [4.78, 5) is 39.4. The lowest BCUT2D eigenvalue weighted by molar-refractivity contribution is -0.140. The van der Waals surface area contributed by atoms with Crippen LogP contribution in [0.5, 0.6) is 0 Å². The molecule has 4 heterocycles. The van der Waals surface area contributed by atoms with Gasteiger partial charge in [0, 0.05) is 26.2 Å². The summed E-state index contributed by atoms with van der Waals surface area (Å²) in [6.07, 6.45) is 5.47. The van der Waals surface area contributed by atoms with E-state index in [1.165, 1.54) is 11.3 Å². The predicted octanol–water partition coefficient (Wildman–Crippen LogP) is 3.52. The molecule has 7 heteroatoms. The minimum absolute atomic E-state index is 0.0368. The summed E-state index contributed by atoms with van der Waals surface area (Å²) in [6, 6.07) is 5.81. The van der Waals surface area contributed by atoms with E-state index in [0.717, 1.165) is 55.2 Å². The number of piperidine rings is 2. The van der Waals surface area contributed by atoms with E-state index >= 15 is 0 Å². The number of hydrogen-bond donors (Lipinski definition) is 0. The zero-order valence-electron chi connectivity index (χ0n) is 16.6. The fourth-order valence-electron chi connectivity index (χ4n) is 4.77. The van der Waals surface area contributed by atoms with Crippen molar-refractivity contribution in [2.45, 2.75) is 58.0 Å². The van der Waals surface area contributed by atoms with Crippen LogP contribution in [-0.4, -0.2) is 56.3 Å². The first-order chi connectivity index (χ1) is 13.4. The van der Waals surface area contributed by atoms with Crippen LogP contribution < -0.4 is 0 Å². The highest BCUT2D eigenvalue weighted by molar-refractivity contribution is 7.17. The topological polar surface area (TPSA) is 66.4 Å². The summed E-state index contributed by atoms with van der Waals surface area (Å²) >= 11 is 1.41. The number of nitrogens with zero attached hydrogens (tertiary/aromatic N) is 4. The van der Waals surface area contributed by atoms with E-state index < -0.39 is 0 Å². The van der Waals surface area contributed by atoms with Crippen molar-refractivity contribution in [1.82, 2.24) is 19.8 Å². The minimum atomic E-state index is -0.319. The summed E-state index contributed by atoms with van der Waals surface area (Å²) in [7, 11) is 0. The Bertz CT molecular complexity index is 897. The molecule has 4 rings (SSSR count). The van der Waals surface area contributed by atoms with E-state index in [4.69, 9.17) is 0 Å². The number of rotatable bonds is 2. The summed E-state index contributed by atoms with van der Waals surface area (Å²) in [5, 5.41) is 0.772. The quantitative estimate of drug-likeness (QED) is 0.776. The van der Waals surface area contributed by atoms with E-state index in [1.807, 2.05) is 34.9 Å². The Kier molecular flexibility index (Phi) is 4.95. The number of likely N-dealkylation sites (tertiary alicyclic amines) is 2. The number of thiazole rings is 1. The maximum atomic E-state index is 13.6. The molecule has 0 radical (unpaired) electrons. The van der Waals surface area contributed by atoms with Crippen molar-refractivity contribution in [3.05, 3.63) is 35.0 Å². The molecule has 0 bridgehead atoms. The van der Waals surface area contributed by atoms with Crippen LogP contribution in [0.3, 0.4) is 0 Å². The van der Waals surface area contributed by atoms with Gasteiger partial charge in [-0.25, -0.2) is 4.98 Å². The molecule has 28 heavy (non-hydrogen) atoms. The molecule has 2 fully saturated rings. The Hall–Kier alpha value is -2.28. The van der Waals surface area contributed by atoms with Crippen LogP contribution in [0, 0.1) is 6.92 Å². The van der Waals surface area contributed by atoms with Crippen molar-refractivity contribution in [2.24, 2.45) is 0 Å². The molecule has 2 saturated heterocycles. The second-order valence-electron chi connectivity index (χ2n) is 7.94. The second kappa shape index (κ2) is 7.28. The molecular weight excluding hydrogens is 372 g/mol. The van der Waals surface area contributed by atoms with E-state index in [9.17, 15) is 9.59 Å². The first-order valence-electron chi connectivity index (χ1n) is 9.90. The normalized spacial score (nSPS) is 24.8. The Balaban J connectivity index is 1.66. The lowest BCUT2D eigenvalue weighted by Crippen LogP contribution is -2.68. The van der Waals surface area contributed by atoms with Gasteiger partial charge < -0.3 is 9.80 Å². The number of pyridine rings is 1. The van der Waals surface area contributed by atoms with Crippen LogP contribution in [0.2, 0.25) is 0 Å². The Labute approximate surface area is 169 Å². The molecule has 2 amide bonds. The monoisotopic (exact) mass is 398 g/mol. The molecule has 2 atom stereocenters. The molecule has 0 N–H and O–H groups in total. The molecule has 2 aliphatic rings. The van der Waals surface area contributed by atoms with Crippen molar-refractivity contribution >= 4 is 23.2 Å². The van der Waals surface area contributed by atoms with Gasteiger partial charge in [0.2, 0.25) is 5.91 Å². The summed E-state index contributed by atoms with van der Waals surface area (Å²) < 4.78 is 0. The first kappa shape index (κ1) is 19.1. The average molecular weight is 399 g/mol. The van der Waals surface area contributed by atoms with Gasteiger partial charge in [-0.3, -0.25) is 14.6 Å². The highest BCUT2D eigenvalue weighted by atomic mass is 32.1. The predicted molar refractivity (Wildman–Crippen MR) is 109 cm³/mol. The van der Waals surface area contributed by atoms with Crippen LogP contribution in [-0.2, 0) is 4.79 Å². The number of carbonyl (C=O) groups excluding carboxylic acids is 2. The van der Waals surface area contributed by atoms with E-state index in [1.54, 1.807) is 13.1 Å². The van der Waals surface area contributed by atoms with Crippen LogP contribution in [0.15, 0.2) is 24.4 Å². The third-order valence-corrected chi connectivity index (χ3v) is 7.34. The molecule has 0 aromatic carbocycles. The van der Waals surface area contributed by atoms with Crippen LogP contribution in [0.4, 0.5) is 0 Å². The fourth-order valence-corrected chi connectivity index (χ4v) is 5.76. The molecular formula is C21H26N4O2S. The summed E-state index contributed by atoms with van der Waals surface area (Å²) in [6.45, 7) is 7.20. The van der Waals surface area contributed by atoms with Gasteiger partial charge in [0.15, 0.2) is 0 Å². The van der Waals surface area contributed by atoms with Crippen LogP contribution in [0.1, 0.15) is 54.9 Å². The van der Waals surface area contributed by atoms with E-state index in [0.29, 0.717) is 4.88 Å². The Morgan fingerprint density at radius 2 is 2.07 bits per heavy atom. The average Bonchev–Trinajstić information content (AvgIpc) is 3.08. The number of fused-ring (bicyclic) bond motifs is 1. The molecule has 2 aliphatic heterocycles. The fraction of sp³-hybridized carbons (Fsp3) is 0.524. The maximum absolute atomic E-state index is 13.6. The lowest BCUT2D eigenvalue weighted by Gasteiger charge is -2.56. The second-order valence-corrected chi connectivity index (χ2v) is 8.94. The standard InChI is InChI=1S/C21H26N4O2S/c1-14-18(28-19(23-14)16-8-4-5-11-22-16)20(27)25-13-6-9-17-21(25,3)10-7-12-24(17)15(2)26/h4-5,8,11,17H,6-7,9-10,12-13H2,1-3H3/t17-,21-/m0/s1. The zero-order chi connectivity index (χ0) is 19.9. The molecule has 0 spiro atoms. The van der Waals surface area contributed by atoms with Gasteiger partial charge >= 0.3 is 0 Å². The van der Waals surface area contributed by atoms with Gasteiger partial charge in [-0.05, 0) is 51.7 Å². The van der Waals surface area contributed by atoms with Gasteiger partial charge in [-0.1, -0.05) is 6.07 Å². The number of aryl methyl sites for hydroxylation is 1. The molecule has 6 nitrogen and oxygen atoms in total. The number of carbonyl (C=O) groups is 2. The van der Waals surface area contributed by atoms with Gasteiger partial charge in [-0.15, -0.1) is 11.3 Å². The molecule has 0 saturated carbocycles. The molecule has 0 aliphatic carbocycles.